The maximum Gasteiger partial charge on any atom is 0.120 e. The first-order chi connectivity index (χ1) is 6.99. The van der Waals surface area contributed by atoms with E-state index in [1.807, 2.05) is 13.8 Å². The SMILES string of the molecule is Cc1cc(O)c(C(N)CCO)c(C)c1Br. The smallest absolute Gasteiger partial charge is 0.120 e. The fourth-order valence-corrected chi connectivity index (χ4v) is 2.03. The van der Waals surface area contributed by atoms with Gasteiger partial charge in [0.1, 0.15) is 5.75 Å². The van der Waals surface area contributed by atoms with E-state index >= 15 is 0 Å². The summed E-state index contributed by atoms with van der Waals surface area (Å²) in [6.07, 6.45) is 0.448. The monoisotopic (exact) mass is 273 g/mol. The van der Waals surface area contributed by atoms with Gasteiger partial charge in [-0.1, -0.05) is 15.9 Å². The van der Waals surface area contributed by atoms with E-state index in [0.717, 1.165) is 15.6 Å². The van der Waals surface area contributed by atoms with Crippen molar-refractivity contribution in [3.8, 4) is 5.75 Å². The molecule has 1 aromatic carbocycles. The molecule has 0 aliphatic heterocycles. The molecule has 1 rings (SSSR count). The Labute approximate surface area is 98.1 Å². The maximum absolute atomic E-state index is 9.81. The Hall–Kier alpha value is -0.580. The Morgan fingerprint density at radius 1 is 1.47 bits per heavy atom. The van der Waals surface area contributed by atoms with Gasteiger partial charge in [-0.05, 0) is 37.5 Å². The van der Waals surface area contributed by atoms with Crippen LogP contribution in [0.25, 0.3) is 0 Å². The first-order valence-electron chi connectivity index (χ1n) is 4.84. The number of hydrogen-bond acceptors (Lipinski definition) is 3. The Morgan fingerprint density at radius 3 is 2.60 bits per heavy atom. The minimum atomic E-state index is -0.327. The zero-order valence-electron chi connectivity index (χ0n) is 8.92. The topological polar surface area (TPSA) is 66.5 Å². The predicted octanol–water partition coefficient (Wildman–Crippen LogP) is 2.15. The standard InChI is InChI=1S/C11H16BrNO2/c1-6-5-9(15)10(7(2)11(6)12)8(13)3-4-14/h5,8,14-15H,3-4,13H2,1-2H3. The summed E-state index contributed by atoms with van der Waals surface area (Å²) in [5, 5.41) is 18.6. The fourth-order valence-electron chi connectivity index (χ4n) is 1.70. The van der Waals surface area contributed by atoms with Crippen molar-refractivity contribution in [3.63, 3.8) is 0 Å². The van der Waals surface area contributed by atoms with Crippen LogP contribution in [0.1, 0.15) is 29.2 Å². The molecule has 0 amide bonds. The van der Waals surface area contributed by atoms with Gasteiger partial charge in [0.05, 0.1) is 0 Å². The van der Waals surface area contributed by atoms with Crippen LogP contribution in [0.4, 0.5) is 0 Å². The molecular formula is C11H16BrNO2. The second kappa shape index (κ2) is 4.96. The summed E-state index contributed by atoms with van der Waals surface area (Å²) in [6, 6.07) is 1.36. The van der Waals surface area contributed by atoms with Gasteiger partial charge in [-0.15, -0.1) is 0 Å². The van der Waals surface area contributed by atoms with Crippen molar-refractivity contribution in [2.75, 3.05) is 6.61 Å². The molecule has 1 atom stereocenters. The van der Waals surface area contributed by atoms with Gasteiger partial charge in [0, 0.05) is 22.7 Å². The molecule has 1 aromatic rings. The quantitative estimate of drug-likeness (QED) is 0.791. The van der Waals surface area contributed by atoms with Gasteiger partial charge in [-0.3, -0.25) is 0 Å². The fraction of sp³-hybridized carbons (Fsp3) is 0.455. The summed E-state index contributed by atoms with van der Waals surface area (Å²) in [7, 11) is 0. The molecule has 0 aliphatic carbocycles. The van der Waals surface area contributed by atoms with Crippen molar-refractivity contribution in [2.45, 2.75) is 26.3 Å². The number of phenolic OH excluding ortho intramolecular Hbond substituents is 1. The highest BCUT2D eigenvalue weighted by molar-refractivity contribution is 9.10. The number of benzene rings is 1. The van der Waals surface area contributed by atoms with Crippen molar-refractivity contribution < 1.29 is 10.2 Å². The molecule has 15 heavy (non-hydrogen) atoms. The highest BCUT2D eigenvalue weighted by Gasteiger charge is 2.16. The van der Waals surface area contributed by atoms with Crippen LogP contribution in [0.15, 0.2) is 10.5 Å². The summed E-state index contributed by atoms with van der Waals surface area (Å²) in [5.41, 5.74) is 8.51. The first kappa shape index (κ1) is 12.5. The number of aryl methyl sites for hydroxylation is 1. The van der Waals surface area contributed by atoms with Crippen molar-refractivity contribution >= 4 is 15.9 Å². The van der Waals surface area contributed by atoms with Crippen LogP contribution in [0.3, 0.4) is 0 Å². The van der Waals surface area contributed by atoms with E-state index in [1.54, 1.807) is 6.07 Å². The van der Waals surface area contributed by atoms with Crippen LogP contribution in [0, 0.1) is 13.8 Å². The summed E-state index contributed by atoms with van der Waals surface area (Å²) < 4.78 is 0.962. The van der Waals surface area contributed by atoms with Crippen LogP contribution in [-0.2, 0) is 0 Å². The van der Waals surface area contributed by atoms with Crippen molar-refractivity contribution in [2.24, 2.45) is 5.73 Å². The van der Waals surface area contributed by atoms with Gasteiger partial charge in [-0.2, -0.15) is 0 Å². The van der Waals surface area contributed by atoms with Crippen molar-refractivity contribution in [1.29, 1.82) is 0 Å². The number of hydrogen-bond donors (Lipinski definition) is 3. The van der Waals surface area contributed by atoms with Gasteiger partial charge in [-0.25, -0.2) is 0 Å². The minimum absolute atomic E-state index is 0.0194. The van der Waals surface area contributed by atoms with E-state index in [9.17, 15) is 5.11 Å². The van der Waals surface area contributed by atoms with Crippen molar-refractivity contribution in [1.82, 2.24) is 0 Å². The minimum Gasteiger partial charge on any atom is -0.508 e. The lowest BCUT2D eigenvalue weighted by Gasteiger charge is -2.17. The van der Waals surface area contributed by atoms with Crippen molar-refractivity contribution in [3.05, 3.63) is 27.2 Å². The van der Waals surface area contributed by atoms with E-state index in [2.05, 4.69) is 15.9 Å². The highest BCUT2D eigenvalue weighted by Crippen LogP contribution is 2.35. The molecule has 0 aliphatic rings. The van der Waals surface area contributed by atoms with Crippen LogP contribution < -0.4 is 5.73 Å². The number of aliphatic hydroxyl groups is 1. The van der Waals surface area contributed by atoms with Crippen LogP contribution in [-0.4, -0.2) is 16.8 Å². The van der Waals surface area contributed by atoms with E-state index < -0.39 is 0 Å². The van der Waals surface area contributed by atoms with Gasteiger partial charge in [0.25, 0.3) is 0 Å². The molecular weight excluding hydrogens is 258 g/mol. The predicted molar refractivity (Wildman–Crippen MR) is 63.9 cm³/mol. The lowest BCUT2D eigenvalue weighted by Crippen LogP contribution is -2.14. The maximum atomic E-state index is 9.81. The van der Waals surface area contributed by atoms with Gasteiger partial charge >= 0.3 is 0 Å². The molecule has 84 valence electrons. The lowest BCUT2D eigenvalue weighted by atomic mass is 9.96. The third kappa shape index (κ3) is 2.51. The molecule has 0 aromatic heterocycles. The number of nitrogens with two attached hydrogens (primary N) is 1. The van der Waals surface area contributed by atoms with Gasteiger partial charge < -0.3 is 15.9 Å². The third-order valence-corrected chi connectivity index (χ3v) is 3.74. The highest BCUT2D eigenvalue weighted by atomic mass is 79.9. The molecule has 0 radical (unpaired) electrons. The molecule has 0 bridgehead atoms. The Kier molecular flexibility index (Phi) is 4.13. The number of rotatable bonds is 3. The Balaban J connectivity index is 3.23. The van der Waals surface area contributed by atoms with Crippen LogP contribution in [0.2, 0.25) is 0 Å². The van der Waals surface area contributed by atoms with Crippen LogP contribution in [0.5, 0.6) is 5.75 Å². The van der Waals surface area contributed by atoms with Gasteiger partial charge in [0.2, 0.25) is 0 Å². The van der Waals surface area contributed by atoms with E-state index in [4.69, 9.17) is 10.8 Å². The summed E-state index contributed by atoms with van der Waals surface area (Å²) in [4.78, 5) is 0. The van der Waals surface area contributed by atoms with Gasteiger partial charge in [0.15, 0.2) is 0 Å². The molecule has 1 unspecified atom stereocenters. The zero-order chi connectivity index (χ0) is 11.6. The summed E-state index contributed by atoms with van der Waals surface area (Å²) in [6.45, 7) is 3.84. The summed E-state index contributed by atoms with van der Waals surface area (Å²) in [5.74, 6) is 0.203. The van der Waals surface area contributed by atoms with E-state index in [1.165, 1.54) is 0 Å². The first-order valence-corrected chi connectivity index (χ1v) is 5.63. The molecule has 0 saturated heterocycles. The third-order valence-electron chi connectivity index (χ3n) is 2.52. The normalized spacial score (nSPS) is 12.9. The Morgan fingerprint density at radius 2 is 2.07 bits per heavy atom. The molecule has 0 saturated carbocycles. The molecule has 4 N–H and O–H groups in total. The molecule has 0 spiro atoms. The zero-order valence-corrected chi connectivity index (χ0v) is 10.5. The number of aromatic hydroxyl groups is 1. The number of halogens is 1. The van der Waals surface area contributed by atoms with E-state index in [0.29, 0.717) is 12.0 Å². The van der Waals surface area contributed by atoms with E-state index in [-0.39, 0.29) is 18.4 Å². The van der Waals surface area contributed by atoms with Crippen LogP contribution >= 0.6 is 15.9 Å². The lowest BCUT2D eigenvalue weighted by molar-refractivity contribution is 0.275. The second-order valence-corrected chi connectivity index (χ2v) is 4.48. The molecule has 0 fully saturated rings. The largest absolute Gasteiger partial charge is 0.508 e. The average Bonchev–Trinajstić information content (AvgIpc) is 2.15. The molecule has 3 nitrogen and oxygen atoms in total. The molecule has 4 heteroatoms. The average molecular weight is 274 g/mol. The number of aliphatic hydroxyl groups excluding tert-OH is 1. The number of phenols is 1. The molecule has 0 heterocycles. The summed E-state index contributed by atoms with van der Waals surface area (Å²) >= 11 is 3.45. The Bertz CT molecular complexity index is 366. The second-order valence-electron chi connectivity index (χ2n) is 3.68.